The predicted molar refractivity (Wildman–Crippen MR) is 79.8 cm³/mol. The van der Waals surface area contributed by atoms with Crippen LogP contribution in [0.25, 0.3) is 0 Å². The maximum atomic E-state index is 12.1. The van der Waals surface area contributed by atoms with Crippen molar-refractivity contribution in [2.45, 2.75) is 6.92 Å². The largest absolute Gasteiger partial charge is 0.345 e. The van der Waals surface area contributed by atoms with Crippen molar-refractivity contribution in [3.05, 3.63) is 57.2 Å². The fourth-order valence-electron chi connectivity index (χ4n) is 1.70. The summed E-state index contributed by atoms with van der Waals surface area (Å²) in [6, 6.07) is 8.41. The number of amidine groups is 1. The third-order valence-corrected chi connectivity index (χ3v) is 4.90. The first-order valence-electron chi connectivity index (χ1n) is 6.03. The van der Waals surface area contributed by atoms with Crippen LogP contribution in [0.4, 0.5) is 0 Å². The van der Waals surface area contributed by atoms with E-state index < -0.39 is 21.3 Å². The average molecular weight is 310 g/mol. The highest BCUT2D eigenvalue weighted by Crippen LogP contribution is 2.53. The first-order valence-corrected chi connectivity index (χ1v) is 7.65. The monoisotopic (exact) mass is 310 g/mol. The van der Waals surface area contributed by atoms with E-state index in [1.807, 2.05) is 0 Å². The standard InChI is InChI=1S/C12H14N4O4S/c1-2-20-21(13)10(16(18)19)8-14-12(21)15-11(17)9-6-4-3-5-7-9/h3-8H,2,13H2,1H3,(H,14,15,17). The zero-order chi connectivity index (χ0) is 15.5. The van der Waals surface area contributed by atoms with Crippen molar-refractivity contribution in [2.24, 2.45) is 10.1 Å². The van der Waals surface area contributed by atoms with Gasteiger partial charge in [-0.25, -0.2) is 4.99 Å². The highest BCUT2D eigenvalue weighted by Gasteiger charge is 2.44. The van der Waals surface area contributed by atoms with Crippen molar-refractivity contribution in [3.8, 4) is 0 Å². The van der Waals surface area contributed by atoms with Crippen molar-refractivity contribution in [2.75, 3.05) is 6.61 Å². The second kappa shape index (κ2) is 6.04. The number of nitrogens with zero attached hydrogens (tertiary/aromatic N) is 2. The summed E-state index contributed by atoms with van der Waals surface area (Å²) in [4.78, 5) is 26.3. The van der Waals surface area contributed by atoms with E-state index in [1.165, 1.54) is 0 Å². The molecular formula is C12H14N4O4S. The molecule has 112 valence electrons. The van der Waals surface area contributed by atoms with Gasteiger partial charge in [0.1, 0.15) is 6.20 Å². The van der Waals surface area contributed by atoms with Gasteiger partial charge in [0.15, 0.2) is 5.17 Å². The number of amides is 1. The van der Waals surface area contributed by atoms with E-state index in [4.69, 9.17) is 9.32 Å². The van der Waals surface area contributed by atoms with E-state index in [0.29, 0.717) is 5.56 Å². The van der Waals surface area contributed by atoms with Crippen LogP contribution < -0.4 is 10.5 Å². The average Bonchev–Trinajstić information content (AvgIpc) is 2.77. The van der Waals surface area contributed by atoms with Crippen molar-refractivity contribution >= 4 is 21.6 Å². The number of carbonyl (C=O) groups excluding carboxylic acids is 1. The molecule has 0 radical (unpaired) electrons. The Hall–Kier alpha value is -2.23. The Labute approximate surface area is 122 Å². The SMILES string of the molecule is CCOS1(N)C([N+](=O)[O-])=CN=C1NC(=O)c1ccccc1. The molecule has 1 aliphatic rings. The minimum atomic E-state index is -2.86. The lowest BCUT2D eigenvalue weighted by molar-refractivity contribution is -0.411. The van der Waals surface area contributed by atoms with E-state index in [-0.39, 0.29) is 16.8 Å². The van der Waals surface area contributed by atoms with Gasteiger partial charge in [0.25, 0.3) is 5.91 Å². The molecule has 0 saturated carbocycles. The summed E-state index contributed by atoms with van der Waals surface area (Å²) in [6.45, 7) is 1.82. The molecule has 1 aliphatic heterocycles. The van der Waals surface area contributed by atoms with Gasteiger partial charge in [0.2, 0.25) is 0 Å². The summed E-state index contributed by atoms with van der Waals surface area (Å²) < 4.78 is 5.32. The van der Waals surface area contributed by atoms with Crippen LogP contribution in [0.3, 0.4) is 0 Å². The Morgan fingerprint density at radius 2 is 2.14 bits per heavy atom. The Kier molecular flexibility index (Phi) is 4.36. The van der Waals surface area contributed by atoms with Gasteiger partial charge in [-0.2, -0.15) is 0 Å². The number of hydrogen-bond donors (Lipinski definition) is 2. The number of hydrogen-bond acceptors (Lipinski definition) is 6. The normalized spacial score (nSPS) is 23.7. The molecule has 21 heavy (non-hydrogen) atoms. The Morgan fingerprint density at radius 1 is 1.48 bits per heavy atom. The number of rotatable bonds is 4. The van der Waals surface area contributed by atoms with Gasteiger partial charge in [0, 0.05) is 5.56 Å². The Morgan fingerprint density at radius 3 is 2.71 bits per heavy atom. The lowest BCUT2D eigenvalue weighted by atomic mass is 10.2. The lowest BCUT2D eigenvalue weighted by Crippen LogP contribution is -2.38. The summed E-state index contributed by atoms with van der Waals surface area (Å²) in [7, 11) is -2.86. The molecule has 9 heteroatoms. The summed E-state index contributed by atoms with van der Waals surface area (Å²) in [5.74, 6) is -0.450. The smallest absolute Gasteiger partial charge is 0.308 e. The first-order chi connectivity index (χ1) is 9.99. The number of benzene rings is 1. The molecular weight excluding hydrogens is 296 g/mol. The van der Waals surface area contributed by atoms with Crippen molar-refractivity contribution in [1.29, 1.82) is 0 Å². The van der Waals surface area contributed by atoms with Gasteiger partial charge in [-0.3, -0.25) is 25.4 Å². The molecule has 0 aromatic heterocycles. The van der Waals surface area contributed by atoms with Crippen LogP contribution in [-0.2, 0) is 4.18 Å². The molecule has 8 nitrogen and oxygen atoms in total. The second-order valence-corrected chi connectivity index (χ2v) is 6.23. The molecule has 1 aromatic carbocycles. The summed E-state index contributed by atoms with van der Waals surface area (Å²) >= 11 is 0. The zero-order valence-corrected chi connectivity index (χ0v) is 12.0. The molecule has 1 aromatic rings. The minimum absolute atomic E-state index is 0.0232. The molecule has 2 rings (SSSR count). The van der Waals surface area contributed by atoms with Crippen LogP contribution >= 0.6 is 10.5 Å². The highest BCUT2D eigenvalue weighted by atomic mass is 32.3. The van der Waals surface area contributed by atoms with Crippen LogP contribution in [0.1, 0.15) is 17.3 Å². The van der Waals surface area contributed by atoms with Crippen LogP contribution in [-0.4, -0.2) is 22.6 Å². The van der Waals surface area contributed by atoms with Crippen LogP contribution in [0.2, 0.25) is 0 Å². The van der Waals surface area contributed by atoms with Gasteiger partial charge < -0.3 is 4.18 Å². The van der Waals surface area contributed by atoms with Crippen LogP contribution in [0, 0.1) is 10.1 Å². The topological polar surface area (TPSA) is 120 Å². The third-order valence-electron chi connectivity index (χ3n) is 2.63. The lowest BCUT2D eigenvalue weighted by Gasteiger charge is -2.28. The van der Waals surface area contributed by atoms with Crippen molar-refractivity contribution in [3.63, 3.8) is 0 Å². The van der Waals surface area contributed by atoms with Gasteiger partial charge in [-0.15, -0.1) is 0 Å². The molecule has 1 amide bonds. The fraction of sp³-hybridized carbons (Fsp3) is 0.167. The fourth-order valence-corrected chi connectivity index (χ4v) is 3.38. The van der Waals surface area contributed by atoms with E-state index >= 15 is 0 Å². The molecule has 1 heterocycles. The number of nitro groups is 1. The number of nitrogens with two attached hydrogens (primary N) is 1. The van der Waals surface area contributed by atoms with E-state index in [9.17, 15) is 14.9 Å². The number of aliphatic imine (C=N–C) groups is 1. The van der Waals surface area contributed by atoms with Gasteiger partial charge in [-0.1, -0.05) is 18.2 Å². The quantitative estimate of drug-likeness (QED) is 0.645. The Bertz CT molecular complexity index is 631. The van der Waals surface area contributed by atoms with Crippen LogP contribution in [0.15, 0.2) is 46.6 Å². The zero-order valence-electron chi connectivity index (χ0n) is 11.2. The molecule has 0 bridgehead atoms. The number of carbonyl (C=O) groups is 1. The predicted octanol–water partition coefficient (Wildman–Crippen LogP) is 1.49. The maximum Gasteiger partial charge on any atom is 0.345 e. The summed E-state index contributed by atoms with van der Waals surface area (Å²) in [5, 5.41) is 19.1. The summed E-state index contributed by atoms with van der Waals surface area (Å²) in [5.41, 5.74) is 0.396. The minimum Gasteiger partial charge on any atom is -0.308 e. The highest BCUT2D eigenvalue weighted by molar-refractivity contribution is 8.43. The molecule has 3 N–H and O–H groups in total. The van der Waals surface area contributed by atoms with E-state index in [0.717, 1.165) is 6.20 Å². The summed E-state index contributed by atoms with van der Waals surface area (Å²) in [6.07, 6.45) is 1.02. The van der Waals surface area contributed by atoms with Gasteiger partial charge >= 0.3 is 5.03 Å². The van der Waals surface area contributed by atoms with Crippen molar-refractivity contribution in [1.82, 2.24) is 5.32 Å². The third kappa shape index (κ3) is 2.94. The number of nitrogens with one attached hydrogen (secondary N) is 1. The molecule has 0 spiro atoms. The molecule has 1 unspecified atom stereocenters. The molecule has 0 fully saturated rings. The van der Waals surface area contributed by atoms with E-state index in [2.05, 4.69) is 10.3 Å². The Balaban J connectivity index is 2.21. The molecule has 0 aliphatic carbocycles. The second-order valence-electron chi connectivity index (χ2n) is 3.99. The molecule has 1 atom stereocenters. The van der Waals surface area contributed by atoms with Crippen molar-refractivity contribution < 1.29 is 13.9 Å². The van der Waals surface area contributed by atoms with Gasteiger partial charge in [-0.05, 0) is 19.1 Å². The maximum absolute atomic E-state index is 12.1. The van der Waals surface area contributed by atoms with Crippen LogP contribution in [0.5, 0.6) is 0 Å². The van der Waals surface area contributed by atoms with Gasteiger partial charge in [0.05, 0.1) is 22.0 Å². The molecule has 0 saturated heterocycles. The first kappa shape index (κ1) is 15.2. The van der Waals surface area contributed by atoms with E-state index in [1.54, 1.807) is 37.3 Å².